The second-order valence-electron chi connectivity index (χ2n) is 6.30. The molecule has 0 bridgehead atoms. The fraction of sp³-hybridized carbons (Fsp3) is 0.562. The Hall–Kier alpha value is -1.53. The molecule has 3 N–H and O–H groups in total. The second-order valence-corrected chi connectivity index (χ2v) is 6.70. The van der Waals surface area contributed by atoms with Gasteiger partial charge in [-0.3, -0.25) is 0 Å². The lowest BCUT2D eigenvalue weighted by molar-refractivity contribution is 0.183. The van der Waals surface area contributed by atoms with E-state index in [0.29, 0.717) is 12.1 Å². The monoisotopic (exact) mass is 340 g/mol. The molecule has 0 spiro atoms. The van der Waals surface area contributed by atoms with E-state index in [0.717, 1.165) is 51.1 Å². The van der Waals surface area contributed by atoms with Crippen molar-refractivity contribution in [2.75, 3.05) is 31.1 Å². The molecule has 1 aromatic carbocycles. The van der Waals surface area contributed by atoms with Gasteiger partial charge in [-0.2, -0.15) is 0 Å². The Morgan fingerprint density at radius 1 is 1.22 bits per heavy atom. The minimum absolute atomic E-state index is 0.165. The Bertz CT molecular complexity index is 577. The number of halogens is 2. The van der Waals surface area contributed by atoms with Crippen LogP contribution in [0.2, 0.25) is 5.02 Å². The van der Waals surface area contributed by atoms with Crippen LogP contribution >= 0.6 is 11.6 Å². The van der Waals surface area contributed by atoms with Crippen LogP contribution in [0.25, 0.3) is 0 Å². The van der Waals surface area contributed by atoms with E-state index in [1.54, 1.807) is 17.0 Å². The van der Waals surface area contributed by atoms with Crippen LogP contribution < -0.4 is 16.0 Å². The third kappa shape index (κ3) is 3.87. The molecule has 1 aromatic rings. The first kappa shape index (κ1) is 16.3. The molecule has 23 heavy (non-hydrogen) atoms. The number of amides is 2. The molecule has 2 amide bonds. The number of benzene rings is 1. The zero-order valence-corrected chi connectivity index (χ0v) is 13.7. The fourth-order valence-electron chi connectivity index (χ4n) is 3.41. The van der Waals surface area contributed by atoms with E-state index in [1.807, 2.05) is 0 Å². The van der Waals surface area contributed by atoms with E-state index >= 15 is 0 Å². The average molecular weight is 341 g/mol. The first-order valence-corrected chi connectivity index (χ1v) is 8.41. The number of anilines is 1. The minimum atomic E-state index is -0.384. The Kier molecular flexibility index (Phi) is 4.92. The van der Waals surface area contributed by atoms with E-state index in [4.69, 9.17) is 17.3 Å². The van der Waals surface area contributed by atoms with Crippen LogP contribution in [0.4, 0.5) is 14.9 Å². The van der Waals surface area contributed by atoms with Gasteiger partial charge in [0.1, 0.15) is 5.82 Å². The van der Waals surface area contributed by atoms with Gasteiger partial charge in [0.25, 0.3) is 0 Å². The molecule has 2 saturated heterocycles. The summed E-state index contributed by atoms with van der Waals surface area (Å²) in [6.07, 6.45) is 2.91. The molecule has 0 unspecified atom stereocenters. The van der Waals surface area contributed by atoms with Gasteiger partial charge in [-0.05, 0) is 37.5 Å². The van der Waals surface area contributed by atoms with Crippen LogP contribution in [-0.4, -0.2) is 49.2 Å². The van der Waals surface area contributed by atoms with Crippen molar-refractivity contribution < 1.29 is 9.18 Å². The highest BCUT2D eigenvalue weighted by Gasteiger charge is 2.27. The molecule has 0 aliphatic carbocycles. The summed E-state index contributed by atoms with van der Waals surface area (Å²) in [7, 11) is 0. The number of nitrogens with two attached hydrogens (primary N) is 1. The molecule has 2 heterocycles. The molecule has 126 valence electrons. The lowest BCUT2D eigenvalue weighted by atomic mass is 10.0. The van der Waals surface area contributed by atoms with Gasteiger partial charge in [-0.25, -0.2) is 9.18 Å². The quantitative estimate of drug-likeness (QED) is 0.886. The number of likely N-dealkylation sites (tertiary alicyclic amines) is 1. The van der Waals surface area contributed by atoms with Crippen molar-refractivity contribution in [3.8, 4) is 0 Å². The van der Waals surface area contributed by atoms with Gasteiger partial charge < -0.3 is 20.9 Å². The molecule has 2 aliphatic rings. The van der Waals surface area contributed by atoms with Gasteiger partial charge in [0.05, 0.1) is 5.02 Å². The molecule has 3 rings (SSSR count). The number of nitrogens with one attached hydrogen (secondary N) is 1. The van der Waals surface area contributed by atoms with Crippen LogP contribution in [0.1, 0.15) is 19.3 Å². The standard InChI is InChI=1S/C16H22ClFN4O/c17-14-9-13(1-2-15(14)18)22-8-5-12(10-22)20-11-3-6-21(7-4-11)16(19)23/h1-2,9,11-12,20H,3-8,10H2,(H2,19,23)/t12-/m0/s1. The third-order valence-electron chi connectivity index (χ3n) is 4.73. The minimum Gasteiger partial charge on any atom is -0.370 e. The van der Waals surface area contributed by atoms with Gasteiger partial charge in [-0.15, -0.1) is 0 Å². The number of carbonyl (C=O) groups excluding carboxylic acids is 1. The lowest BCUT2D eigenvalue weighted by Crippen LogP contribution is -2.49. The summed E-state index contributed by atoms with van der Waals surface area (Å²) < 4.78 is 13.3. The maximum Gasteiger partial charge on any atom is 0.314 e. The predicted octanol–water partition coefficient (Wildman–Crippen LogP) is 2.19. The summed E-state index contributed by atoms with van der Waals surface area (Å²) in [5, 5.41) is 3.84. The molecule has 7 heteroatoms. The molecular formula is C16H22ClFN4O. The van der Waals surface area contributed by atoms with Crippen molar-refractivity contribution in [3.05, 3.63) is 29.0 Å². The highest BCUT2D eigenvalue weighted by Crippen LogP contribution is 2.26. The highest BCUT2D eigenvalue weighted by atomic mass is 35.5. The maximum absolute atomic E-state index is 13.3. The maximum atomic E-state index is 13.3. The number of nitrogens with zero attached hydrogens (tertiary/aromatic N) is 2. The number of primary amides is 1. The Morgan fingerprint density at radius 2 is 1.91 bits per heavy atom. The van der Waals surface area contributed by atoms with Crippen molar-refractivity contribution in [1.82, 2.24) is 10.2 Å². The van der Waals surface area contributed by atoms with Crippen molar-refractivity contribution in [2.45, 2.75) is 31.3 Å². The number of carbonyl (C=O) groups is 1. The van der Waals surface area contributed by atoms with Gasteiger partial charge in [0.2, 0.25) is 0 Å². The van der Waals surface area contributed by atoms with Crippen LogP contribution in [-0.2, 0) is 0 Å². The van der Waals surface area contributed by atoms with Crippen LogP contribution in [0.15, 0.2) is 18.2 Å². The molecule has 5 nitrogen and oxygen atoms in total. The Morgan fingerprint density at radius 3 is 2.57 bits per heavy atom. The SMILES string of the molecule is NC(=O)N1CCC(N[C@H]2CCN(c3ccc(F)c(Cl)c3)C2)CC1. The predicted molar refractivity (Wildman–Crippen MR) is 89.3 cm³/mol. The zero-order valence-electron chi connectivity index (χ0n) is 13.0. The number of hydrogen-bond donors (Lipinski definition) is 2. The number of piperidine rings is 1. The summed E-state index contributed by atoms with van der Waals surface area (Å²) >= 11 is 5.86. The zero-order chi connectivity index (χ0) is 16.4. The van der Waals surface area contributed by atoms with E-state index in [1.165, 1.54) is 6.07 Å². The van der Waals surface area contributed by atoms with Gasteiger partial charge in [0, 0.05) is 44.0 Å². The molecule has 2 aliphatic heterocycles. The first-order valence-electron chi connectivity index (χ1n) is 8.03. The van der Waals surface area contributed by atoms with Crippen molar-refractivity contribution in [2.24, 2.45) is 5.73 Å². The molecule has 0 saturated carbocycles. The normalized spacial score (nSPS) is 22.6. The molecule has 0 radical (unpaired) electrons. The second kappa shape index (κ2) is 6.93. The van der Waals surface area contributed by atoms with E-state index in [-0.39, 0.29) is 16.9 Å². The largest absolute Gasteiger partial charge is 0.370 e. The van der Waals surface area contributed by atoms with Gasteiger partial charge >= 0.3 is 6.03 Å². The first-order chi connectivity index (χ1) is 11.0. The van der Waals surface area contributed by atoms with Crippen molar-refractivity contribution in [3.63, 3.8) is 0 Å². The summed E-state index contributed by atoms with van der Waals surface area (Å²) in [6, 6.07) is 5.37. The van der Waals surface area contributed by atoms with Crippen molar-refractivity contribution >= 4 is 23.3 Å². The van der Waals surface area contributed by atoms with E-state index in [9.17, 15) is 9.18 Å². The summed E-state index contributed by atoms with van der Waals surface area (Å²) in [5.74, 6) is -0.384. The molecular weight excluding hydrogens is 319 g/mol. The van der Waals surface area contributed by atoms with E-state index in [2.05, 4.69) is 10.2 Å². The smallest absolute Gasteiger partial charge is 0.314 e. The number of urea groups is 1. The molecule has 2 fully saturated rings. The van der Waals surface area contributed by atoms with Crippen LogP contribution in [0, 0.1) is 5.82 Å². The average Bonchev–Trinajstić information content (AvgIpc) is 2.99. The van der Waals surface area contributed by atoms with Gasteiger partial charge in [0.15, 0.2) is 0 Å². The topological polar surface area (TPSA) is 61.6 Å². The Balaban J connectivity index is 1.50. The summed E-state index contributed by atoms with van der Waals surface area (Å²) in [5.41, 5.74) is 6.27. The summed E-state index contributed by atoms with van der Waals surface area (Å²) in [6.45, 7) is 3.26. The van der Waals surface area contributed by atoms with E-state index < -0.39 is 0 Å². The van der Waals surface area contributed by atoms with Gasteiger partial charge in [-0.1, -0.05) is 11.6 Å². The fourth-order valence-corrected chi connectivity index (χ4v) is 3.59. The van der Waals surface area contributed by atoms with Crippen molar-refractivity contribution in [1.29, 1.82) is 0 Å². The highest BCUT2D eigenvalue weighted by molar-refractivity contribution is 6.31. The van der Waals surface area contributed by atoms with Crippen LogP contribution in [0.5, 0.6) is 0 Å². The third-order valence-corrected chi connectivity index (χ3v) is 5.02. The number of hydrogen-bond acceptors (Lipinski definition) is 3. The Labute approximate surface area is 140 Å². The lowest BCUT2D eigenvalue weighted by Gasteiger charge is -2.33. The van der Waals surface area contributed by atoms with Crippen LogP contribution in [0.3, 0.4) is 0 Å². The number of rotatable bonds is 3. The summed E-state index contributed by atoms with van der Waals surface area (Å²) in [4.78, 5) is 15.1. The molecule has 1 atom stereocenters. The molecule has 0 aromatic heterocycles.